The molecule has 1 aromatic carbocycles. The van der Waals surface area contributed by atoms with Crippen LogP contribution in [0.15, 0.2) is 24.3 Å². The second kappa shape index (κ2) is 4.47. The van der Waals surface area contributed by atoms with Crippen molar-refractivity contribution >= 4 is 0 Å². The Bertz CT molecular complexity index is 294. The van der Waals surface area contributed by atoms with Crippen molar-refractivity contribution in [3.8, 4) is 5.75 Å². The van der Waals surface area contributed by atoms with Gasteiger partial charge in [0.15, 0.2) is 0 Å². The van der Waals surface area contributed by atoms with Gasteiger partial charge in [0.05, 0.1) is 6.61 Å². The van der Waals surface area contributed by atoms with E-state index >= 15 is 0 Å². The summed E-state index contributed by atoms with van der Waals surface area (Å²) in [6.45, 7) is 4.07. The summed E-state index contributed by atoms with van der Waals surface area (Å²) in [5, 5.41) is 3.40. The normalized spacial score (nSPS) is 20.2. The van der Waals surface area contributed by atoms with Gasteiger partial charge in [0.25, 0.3) is 0 Å². The summed E-state index contributed by atoms with van der Waals surface area (Å²) in [6.07, 6.45) is 2.29. The van der Waals surface area contributed by atoms with E-state index in [0.717, 1.165) is 25.3 Å². The molecule has 1 aromatic rings. The zero-order chi connectivity index (χ0) is 9.80. The third kappa shape index (κ3) is 1.90. The zero-order valence-corrected chi connectivity index (χ0v) is 8.62. The molecular weight excluding hydrogens is 174 g/mol. The number of benzene rings is 1. The Morgan fingerprint density at radius 2 is 2.21 bits per heavy atom. The van der Waals surface area contributed by atoms with E-state index in [4.69, 9.17) is 4.74 Å². The van der Waals surface area contributed by atoms with Crippen LogP contribution in [0.2, 0.25) is 0 Å². The van der Waals surface area contributed by atoms with E-state index in [1.807, 2.05) is 6.07 Å². The van der Waals surface area contributed by atoms with E-state index in [1.54, 1.807) is 0 Å². The Balaban J connectivity index is 2.11. The SMILES string of the molecule is CCCOc1ccccc1[C@@H]1CCN1. The van der Waals surface area contributed by atoms with E-state index in [9.17, 15) is 0 Å². The van der Waals surface area contributed by atoms with Crippen molar-refractivity contribution in [2.75, 3.05) is 13.2 Å². The van der Waals surface area contributed by atoms with Gasteiger partial charge in [-0.3, -0.25) is 0 Å². The molecule has 0 unspecified atom stereocenters. The second-order valence-electron chi connectivity index (χ2n) is 3.68. The molecule has 1 atom stereocenters. The lowest BCUT2D eigenvalue weighted by Crippen LogP contribution is -2.35. The maximum absolute atomic E-state index is 5.70. The van der Waals surface area contributed by atoms with E-state index < -0.39 is 0 Å². The summed E-state index contributed by atoms with van der Waals surface area (Å²) in [6, 6.07) is 8.84. The highest BCUT2D eigenvalue weighted by Gasteiger charge is 2.21. The van der Waals surface area contributed by atoms with Gasteiger partial charge in [-0.25, -0.2) is 0 Å². The Hall–Kier alpha value is -1.02. The van der Waals surface area contributed by atoms with Gasteiger partial charge in [-0.05, 0) is 25.5 Å². The van der Waals surface area contributed by atoms with Crippen molar-refractivity contribution in [2.24, 2.45) is 0 Å². The van der Waals surface area contributed by atoms with Crippen LogP contribution in [-0.4, -0.2) is 13.2 Å². The van der Waals surface area contributed by atoms with Gasteiger partial charge in [0, 0.05) is 11.6 Å². The Kier molecular flexibility index (Phi) is 3.04. The predicted octanol–water partition coefficient (Wildman–Crippen LogP) is 2.51. The van der Waals surface area contributed by atoms with Crippen LogP contribution in [-0.2, 0) is 0 Å². The maximum atomic E-state index is 5.70. The number of para-hydroxylation sites is 1. The molecule has 1 N–H and O–H groups in total. The Labute approximate surface area is 85.3 Å². The van der Waals surface area contributed by atoms with E-state index in [2.05, 4.69) is 30.4 Å². The Morgan fingerprint density at radius 3 is 2.86 bits per heavy atom. The van der Waals surface area contributed by atoms with Gasteiger partial charge in [0.2, 0.25) is 0 Å². The molecule has 0 saturated carbocycles. The molecule has 0 radical (unpaired) electrons. The zero-order valence-electron chi connectivity index (χ0n) is 8.62. The molecule has 2 rings (SSSR count). The van der Waals surface area contributed by atoms with E-state index in [1.165, 1.54) is 12.0 Å². The van der Waals surface area contributed by atoms with Gasteiger partial charge >= 0.3 is 0 Å². The minimum Gasteiger partial charge on any atom is -0.493 e. The van der Waals surface area contributed by atoms with E-state index in [-0.39, 0.29) is 0 Å². The fourth-order valence-corrected chi connectivity index (χ4v) is 1.67. The summed E-state index contributed by atoms with van der Waals surface area (Å²) in [7, 11) is 0. The maximum Gasteiger partial charge on any atom is 0.124 e. The molecule has 0 aliphatic carbocycles. The van der Waals surface area contributed by atoms with Crippen LogP contribution in [0.5, 0.6) is 5.75 Å². The molecule has 1 aliphatic heterocycles. The van der Waals surface area contributed by atoms with Crippen LogP contribution >= 0.6 is 0 Å². The van der Waals surface area contributed by atoms with Crippen LogP contribution < -0.4 is 10.1 Å². The summed E-state index contributed by atoms with van der Waals surface area (Å²) < 4.78 is 5.70. The van der Waals surface area contributed by atoms with Crippen molar-refractivity contribution in [2.45, 2.75) is 25.8 Å². The summed E-state index contributed by atoms with van der Waals surface area (Å²) in [4.78, 5) is 0. The lowest BCUT2D eigenvalue weighted by molar-refractivity contribution is 0.299. The van der Waals surface area contributed by atoms with Crippen LogP contribution in [0.25, 0.3) is 0 Å². The number of hydrogen-bond acceptors (Lipinski definition) is 2. The summed E-state index contributed by atoms with van der Waals surface area (Å²) in [5.74, 6) is 1.05. The van der Waals surface area contributed by atoms with Crippen LogP contribution in [0, 0.1) is 0 Å². The first-order chi connectivity index (χ1) is 6.92. The number of ether oxygens (including phenoxy) is 1. The highest BCUT2D eigenvalue weighted by Crippen LogP contribution is 2.30. The first kappa shape index (κ1) is 9.53. The van der Waals surface area contributed by atoms with Crippen LogP contribution in [0.3, 0.4) is 0 Å². The quantitative estimate of drug-likeness (QED) is 0.789. The van der Waals surface area contributed by atoms with Crippen molar-refractivity contribution in [1.82, 2.24) is 5.32 Å². The van der Waals surface area contributed by atoms with Gasteiger partial charge < -0.3 is 10.1 Å². The number of nitrogens with one attached hydrogen (secondary N) is 1. The topological polar surface area (TPSA) is 21.3 Å². The molecule has 0 amide bonds. The first-order valence-electron chi connectivity index (χ1n) is 5.37. The third-order valence-corrected chi connectivity index (χ3v) is 2.58. The minimum atomic E-state index is 0.517. The molecule has 0 spiro atoms. The first-order valence-corrected chi connectivity index (χ1v) is 5.37. The van der Waals surface area contributed by atoms with Gasteiger partial charge in [-0.15, -0.1) is 0 Å². The number of hydrogen-bond donors (Lipinski definition) is 1. The largest absolute Gasteiger partial charge is 0.493 e. The lowest BCUT2D eigenvalue weighted by Gasteiger charge is -2.29. The second-order valence-corrected chi connectivity index (χ2v) is 3.68. The fourth-order valence-electron chi connectivity index (χ4n) is 1.67. The third-order valence-electron chi connectivity index (χ3n) is 2.58. The molecule has 1 fully saturated rings. The number of rotatable bonds is 4. The summed E-state index contributed by atoms with van der Waals surface area (Å²) >= 11 is 0. The summed E-state index contributed by atoms with van der Waals surface area (Å²) in [5.41, 5.74) is 1.31. The van der Waals surface area contributed by atoms with Crippen LogP contribution in [0.4, 0.5) is 0 Å². The highest BCUT2D eigenvalue weighted by atomic mass is 16.5. The smallest absolute Gasteiger partial charge is 0.124 e. The average Bonchev–Trinajstić information content (AvgIpc) is 2.14. The molecule has 1 heterocycles. The average molecular weight is 191 g/mol. The Morgan fingerprint density at radius 1 is 1.43 bits per heavy atom. The molecular formula is C12H17NO. The van der Waals surface area contributed by atoms with Crippen LogP contribution in [0.1, 0.15) is 31.4 Å². The van der Waals surface area contributed by atoms with Gasteiger partial charge in [0.1, 0.15) is 5.75 Å². The monoisotopic (exact) mass is 191 g/mol. The standard InChI is InChI=1S/C12H17NO/c1-2-9-14-12-6-4-3-5-10(12)11-7-8-13-11/h3-6,11,13H,2,7-9H2,1H3/t11-/m0/s1. The highest BCUT2D eigenvalue weighted by molar-refractivity contribution is 5.36. The molecule has 2 heteroatoms. The molecule has 14 heavy (non-hydrogen) atoms. The molecule has 0 aromatic heterocycles. The lowest BCUT2D eigenvalue weighted by atomic mass is 9.97. The minimum absolute atomic E-state index is 0.517. The predicted molar refractivity (Wildman–Crippen MR) is 57.6 cm³/mol. The van der Waals surface area contributed by atoms with Crippen molar-refractivity contribution in [3.63, 3.8) is 0 Å². The molecule has 1 aliphatic rings. The van der Waals surface area contributed by atoms with Gasteiger partial charge in [-0.2, -0.15) is 0 Å². The van der Waals surface area contributed by atoms with Crippen molar-refractivity contribution < 1.29 is 4.74 Å². The van der Waals surface area contributed by atoms with Crippen molar-refractivity contribution in [3.05, 3.63) is 29.8 Å². The fraction of sp³-hybridized carbons (Fsp3) is 0.500. The van der Waals surface area contributed by atoms with Crippen molar-refractivity contribution in [1.29, 1.82) is 0 Å². The van der Waals surface area contributed by atoms with E-state index in [0.29, 0.717) is 6.04 Å². The molecule has 2 nitrogen and oxygen atoms in total. The molecule has 1 saturated heterocycles. The molecule has 76 valence electrons. The van der Waals surface area contributed by atoms with Gasteiger partial charge in [-0.1, -0.05) is 25.1 Å². The molecule has 0 bridgehead atoms.